The van der Waals surface area contributed by atoms with Crippen LogP contribution in [0.5, 0.6) is 0 Å². The standard InChI is InChI=1S/C21H40O5/c1-2-3-4-5-6-7-8-9-10-11-12-13-14-15-25-16-19(23)21-20(24)18(22)17-26-21/h4-5,18-24H,2-3,6-17H2,1H3/b5-4+/t18-,19+,20+,21+/m0/s1. The molecule has 0 aliphatic carbocycles. The van der Waals surface area contributed by atoms with Gasteiger partial charge in [-0.05, 0) is 25.7 Å². The SMILES string of the molecule is CCC/C=C/CCCCCCCCCCOC[C@@H](O)[C@H]1OC[C@H](O)[C@H]1O. The Morgan fingerprint density at radius 1 is 0.962 bits per heavy atom. The lowest BCUT2D eigenvalue weighted by molar-refractivity contribution is -0.0813. The summed E-state index contributed by atoms with van der Waals surface area (Å²) in [5, 5.41) is 29.0. The van der Waals surface area contributed by atoms with E-state index < -0.39 is 24.4 Å². The number of ether oxygens (including phenoxy) is 2. The Labute approximate surface area is 159 Å². The van der Waals surface area contributed by atoms with Crippen LogP contribution in [0, 0.1) is 0 Å². The fourth-order valence-corrected chi connectivity index (χ4v) is 3.19. The molecule has 1 heterocycles. The monoisotopic (exact) mass is 372 g/mol. The first-order valence-electron chi connectivity index (χ1n) is 10.5. The van der Waals surface area contributed by atoms with Gasteiger partial charge in [-0.1, -0.05) is 64.0 Å². The van der Waals surface area contributed by atoms with Crippen LogP contribution in [0.4, 0.5) is 0 Å². The summed E-state index contributed by atoms with van der Waals surface area (Å²) in [6.07, 6.45) is 14.7. The number of hydrogen-bond acceptors (Lipinski definition) is 5. The first-order valence-corrected chi connectivity index (χ1v) is 10.5. The highest BCUT2D eigenvalue weighted by atomic mass is 16.5. The molecule has 0 aromatic heterocycles. The van der Waals surface area contributed by atoms with Crippen molar-refractivity contribution in [2.45, 2.75) is 102 Å². The van der Waals surface area contributed by atoms with E-state index in [1.54, 1.807) is 0 Å². The van der Waals surface area contributed by atoms with Crippen molar-refractivity contribution in [3.05, 3.63) is 12.2 Å². The van der Waals surface area contributed by atoms with E-state index in [1.165, 1.54) is 57.8 Å². The number of aliphatic hydroxyl groups excluding tert-OH is 3. The van der Waals surface area contributed by atoms with Gasteiger partial charge in [-0.25, -0.2) is 0 Å². The normalized spacial score (nSPS) is 24.5. The third kappa shape index (κ3) is 10.6. The van der Waals surface area contributed by atoms with Crippen LogP contribution in [0.3, 0.4) is 0 Å². The minimum Gasteiger partial charge on any atom is -0.388 e. The van der Waals surface area contributed by atoms with E-state index in [0.29, 0.717) is 6.61 Å². The van der Waals surface area contributed by atoms with Crippen molar-refractivity contribution in [2.75, 3.05) is 19.8 Å². The third-order valence-electron chi connectivity index (χ3n) is 4.89. The van der Waals surface area contributed by atoms with Crippen LogP contribution in [0.25, 0.3) is 0 Å². The summed E-state index contributed by atoms with van der Waals surface area (Å²) in [5.74, 6) is 0. The first-order chi connectivity index (χ1) is 12.7. The van der Waals surface area contributed by atoms with E-state index in [4.69, 9.17) is 9.47 Å². The Morgan fingerprint density at radius 3 is 2.19 bits per heavy atom. The summed E-state index contributed by atoms with van der Waals surface area (Å²) in [7, 11) is 0. The molecule has 1 rings (SSSR count). The first kappa shape index (κ1) is 23.6. The second kappa shape index (κ2) is 15.6. The Balaban J connectivity index is 1.81. The number of unbranched alkanes of at least 4 members (excludes halogenated alkanes) is 9. The van der Waals surface area contributed by atoms with Crippen LogP contribution < -0.4 is 0 Å². The van der Waals surface area contributed by atoms with Gasteiger partial charge in [0, 0.05) is 6.61 Å². The lowest BCUT2D eigenvalue weighted by Gasteiger charge is -2.20. The molecule has 0 amide bonds. The van der Waals surface area contributed by atoms with E-state index in [1.807, 2.05) is 0 Å². The van der Waals surface area contributed by atoms with Gasteiger partial charge >= 0.3 is 0 Å². The zero-order chi connectivity index (χ0) is 19.0. The molecule has 1 aliphatic heterocycles. The van der Waals surface area contributed by atoms with E-state index in [0.717, 1.165) is 12.8 Å². The van der Waals surface area contributed by atoms with Gasteiger partial charge in [0.15, 0.2) is 0 Å². The molecular weight excluding hydrogens is 332 g/mol. The molecule has 3 N–H and O–H groups in total. The molecule has 5 heteroatoms. The maximum Gasteiger partial charge on any atom is 0.114 e. The maximum absolute atomic E-state index is 9.92. The molecule has 154 valence electrons. The summed E-state index contributed by atoms with van der Waals surface area (Å²) in [6, 6.07) is 0. The van der Waals surface area contributed by atoms with Gasteiger partial charge < -0.3 is 24.8 Å². The number of allylic oxidation sites excluding steroid dienone is 2. The van der Waals surface area contributed by atoms with Gasteiger partial charge in [-0.3, -0.25) is 0 Å². The highest BCUT2D eigenvalue weighted by molar-refractivity contribution is 4.87. The van der Waals surface area contributed by atoms with Gasteiger partial charge in [0.25, 0.3) is 0 Å². The molecule has 5 nitrogen and oxygen atoms in total. The van der Waals surface area contributed by atoms with Crippen LogP contribution in [-0.4, -0.2) is 59.6 Å². The van der Waals surface area contributed by atoms with E-state index in [-0.39, 0.29) is 13.2 Å². The predicted molar refractivity (Wildman–Crippen MR) is 104 cm³/mol. The van der Waals surface area contributed by atoms with Gasteiger partial charge in [0.05, 0.1) is 13.2 Å². The Morgan fingerprint density at radius 2 is 1.58 bits per heavy atom. The van der Waals surface area contributed by atoms with E-state index >= 15 is 0 Å². The lowest BCUT2D eigenvalue weighted by atomic mass is 10.1. The smallest absolute Gasteiger partial charge is 0.114 e. The van der Waals surface area contributed by atoms with Crippen LogP contribution in [0.15, 0.2) is 12.2 Å². The molecule has 0 aromatic carbocycles. The van der Waals surface area contributed by atoms with Crippen LogP contribution in [0.2, 0.25) is 0 Å². The van der Waals surface area contributed by atoms with Gasteiger partial charge in [-0.2, -0.15) is 0 Å². The van der Waals surface area contributed by atoms with Crippen molar-refractivity contribution >= 4 is 0 Å². The zero-order valence-electron chi connectivity index (χ0n) is 16.5. The highest BCUT2D eigenvalue weighted by Gasteiger charge is 2.39. The second-order valence-electron chi connectivity index (χ2n) is 7.38. The molecule has 0 spiro atoms. The second-order valence-corrected chi connectivity index (χ2v) is 7.38. The molecule has 1 saturated heterocycles. The minimum atomic E-state index is -1.03. The van der Waals surface area contributed by atoms with Crippen LogP contribution in [-0.2, 0) is 9.47 Å². The predicted octanol–water partition coefficient (Wildman–Crippen LogP) is 3.35. The fraction of sp³-hybridized carbons (Fsp3) is 0.905. The van der Waals surface area contributed by atoms with E-state index in [9.17, 15) is 15.3 Å². The van der Waals surface area contributed by atoms with Crippen molar-refractivity contribution in [1.29, 1.82) is 0 Å². The largest absolute Gasteiger partial charge is 0.388 e. The van der Waals surface area contributed by atoms with Gasteiger partial charge in [0.1, 0.15) is 24.4 Å². The Bertz CT molecular complexity index is 347. The van der Waals surface area contributed by atoms with E-state index in [2.05, 4.69) is 19.1 Å². The van der Waals surface area contributed by atoms with Crippen molar-refractivity contribution < 1.29 is 24.8 Å². The molecule has 1 aliphatic rings. The van der Waals surface area contributed by atoms with Crippen LogP contribution in [0.1, 0.15) is 77.6 Å². The number of rotatable bonds is 16. The zero-order valence-corrected chi connectivity index (χ0v) is 16.5. The summed E-state index contributed by atoms with van der Waals surface area (Å²) in [6.45, 7) is 3.04. The molecule has 1 fully saturated rings. The van der Waals surface area contributed by atoms with Crippen LogP contribution >= 0.6 is 0 Å². The molecule has 4 atom stereocenters. The summed E-state index contributed by atoms with van der Waals surface area (Å²) in [4.78, 5) is 0. The van der Waals surface area contributed by atoms with Gasteiger partial charge in [0.2, 0.25) is 0 Å². The summed E-state index contributed by atoms with van der Waals surface area (Å²) >= 11 is 0. The average molecular weight is 373 g/mol. The molecule has 0 saturated carbocycles. The average Bonchev–Trinajstić information content (AvgIpc) is 2.97. The van der Waals surface area contributed by atoms with Crippen molar-refractivity contribution in [1.82, 2.24) is 0 Å². The molecular formula is C21H40O5. The summed E-state index contributed by atoms with van der Waals surface area (Å²) < 4.78 is 10.6. The van der Waals surface area contributed by atoms with Crippen molar-refractivity contribution in [3.8, 4) is 0 Å². The Kier molecular flexibility index (Phi) is 14.1. The number of hydrogen-bond donors (Lipinski definition) is 3. The number of aliphatic hydroxyl groups is 3. The molecule has 0 bridgehead atoms. The van der Waals surface area contributed by atoms with Crippen molar-refractivity contribution in [2.24, 2.45) is 0 Å². The van der Waals surface area contributed by atoms with Crippen molar-refractivity contribution in [3.63, 3.8) is 0 Å². The molecule has 0 radical (unpaired) electrons. The quantitative estimate of drug-likeness (QED) is 0.286. The third-order valence-corrected chi connectivity index (χ3v) is 4.89. The topological polar surface area (TPSA) is 79.2 Å². The molecule has 0 unspecified atom stereocenters. The maximum atomic E-state index is 9.92. The highest BCUT2D eigenvalue weighted by Crippen LogP contribution is 2.18. The molecule has 26 heavy (non-hydrogen) atoms. The minimum absolute atomic E-state index is 0.0679. The fourth-order valence-electron chi connectivity index (χ4n) is 3.19. The lowest BCUT2D eigenvalue weighted by Crippen LogP contribution is -2.40. The summed E-state index contributed by atoms with van der Waals surface area (Å²) in [5.41, 5.74) is 0. The Hall–Kier alpha value is -0.460. The van der Waals surface area contributed by atoms with Gasteiger partial charge in [-0.15, -0.1) is 0 Å². The molecule has 0 aromatic rings.